The minimum absolute atomic E-state index is 0.0919. The third-order valence-electron chi connectivity index (χ3n) is 7.27. The van der Waals surface area contributed by atoms with Gasteiger partial charge in [-0.15, -0.1) is 0 Å². The van der Waals surface area contributed by atoms with Gasteiger partial charge in [0.15, 0.2) is 6.10 Å². The highest BCUT2D eigenvalue weighted by Gasteiger charge is 2.35. The molecule has 7 N–H and O–H groups in total. The van der Waals surface area contributed by atoms with Crippen LogP contribution >= 0.6 is 0 Å². The second-order valence-corrected chi connectivity index (χ2v) is 10.0. The summed E-state index contributed by atoms with van der Waals surface area (Å²) in [5.74, 6) is 5.09. The van der Waals surface area contributed by atoms with Gasteiger partial charge in [-0.25, -0.2) is 20.0 Å². The van der Waals surface area contributed by atoms with Crippen molar-refractivity contribution in [2.75, 3.05) is 32.8 Å². The molecule has 13 heteroatoms. The van der Waals surface area contributed by atoms with E-state index < -0.39 is 23.4 Å². The Bertz CT molecular complexity index is 1580. The van der Waals surface area contributed by atoms with Crippen LogP contribution in [0.2, 0.25) is 0 Å². The Morgan fingerprint density at radius 2 is 1.95 bits per heavy atom. The summed E-state index contributed by atoms with van der Waals surface area (Å²) in [6, 6.07) is 4.58. The number of rotatable bonds is 9. The van der Waals surface area contributed by atoms with Crippen LogP contribution in [0.4, 0.5) is 4.39 Å². The molecule has 1 atom stereocenters. The Kier molecular flexibility index (Phi) is 7.57. The third-order valence-corrected chi connectivity index (χ3v) is 7.27. The van der Waals surface area contributed by atoms with E-state index in [0.29, 0.717) is 57.8 Å². The largest absolute Gasteiger partial charge is 0.458 e. The van der Waals surface area contributed by atoms with Crippen LogP contribution in [0.15, 0.2) is 34.9 Å². The first-order chi connectivity index (χ1) is 19.1. The molecule has 0 aliphatic carbocycles. The van der Waals surface area contributed by atoms with Crippen LogP contribution in [-0.4, -0.2) is 73.6 Å². The summed E-state index contributed by atoms with van der Waals surface area (Å²) in [5.41, 5.74) is 9.58. The molecule has 3 aromatic rings. The molecule has 0 fully saturated rings. The van der Waals surface area contributed by atoms with E-state index in [1.165, 1.54) is 15.6 Å². The molecule has 5 rings (SSSR count). The predicted molar refractivity (Wildman–Crippen MR) is 143 cm³/mol. The van der Waals surface area contributed by atoms with E-state index in [4.69, 9.17) is 21.3 Å². The number of hydrazine groups is 1. The van der Waals surface area contributed by atoms with Crippen molar-refractivity contribution in [3.63, 3.8) is 0 Å². The summed E-state index contributed by atoms with van der Waals surface area (Å²) >= 11 is 0. The number of aliphatic hydroxyl groups excluding tert-OH is 3. The number of benzene rings is 1. The fourth-order valence-electron chi connectivity index (χ4n) is 5.31. The molecule has 0 saturated heterocycles. The van der Waals surface area contributed by atoms with Crippen LogP contribution in [0.25, 0.3) is 22.3 Å². The average molecular weight is 555 g/mol. The first-order valence-corrected chi connectivity index (χ1v) is 12.8. The lowest BCUT2D eigenvalue weighted by atomic mass is 9.97. The van der Waals surface area contributed by atoms with Crippen molar-refractivity contribution >= 4 is 16.9 Å². The van der Waals surface area contributed by atoms with Gasteiger partial charge < -0.3 is 35.4 Å². The molecule has 0 spiro atoms. The zero-order chi connectivity index (χ0) is 28.7. The van der Waals surface area contributed by atoms with Crippen LogP contribution in [0, 0.1) is 12.7 Å². The van der Waals surface area contributed by atoms with E-state index in [-0.39, 0.29) is 50.6 Å². The number of hydrogen-bond acceptors (Lipinski definition) is 11. The van der Waals surface area contributed by atoms with Crippen molar-refractivity contribution in [3.8, 4) is 11.4 Å². The lowest BCUT2D eigenvalue weighted by Gasteiger charge is -2.23. The first kappa shape index (κ1) is 27.7. The van der Waals surface area contributed by atoms with Gasteiger partial charge in [-0.05, 0) is 30.2 Å². The van der Waals surface area contributed by atoms with Crippen LogP contribution in [0.1, 0.15) is 33.9 Å². The Labute approximate surface area is 228 Å². The number of fused-ring (bicyclic) bond motifs is 5. The number of halogens is 1. The van der Waals surface area contributed by atoms with Gasteiger partial charge in [0.25, 0.3) is 5.56 Å². The number of nitrogens with two attached hydrogens (primary N) is 2. The van der Waals surface area contributed by atoms with Gasteiger partial charge in [0, 0.05) is 54.1 Å². The fraction of sp³-hybridized carbons (Fsp3) is 0.370. The number of ether oxygens (including phenoxy) is 1. The van der Waals surface area contributed by atoms with Crippen molar-refractivity contribution in [3.05, 3.63) is 74.1 Å². The molecule has 0 radical (unpaired) electrons. The van der Waals surface area contributed by atoms with Crippen molar-refractivity contribution in [1.29, 1.82) is 0 Å². The maximum Gasteiger partial charge on any atom is 0.340 e. The minimum atomic E-state index is -1.59. The van der Waals surface area contributed by atoms with Crippen LogP contribution in [0.3, 0.4) is 0 Å². The minimum Gasteiger partial charge on any atom is -0.458 e. The molecule has 0 bridgehead atoms. The third kappa shape index (κ3) is 4.93. The molecule has 212 valence electrons. The lowest BCUT2D eigenvalue weighted by molar-refractivity contribution is -0.157. The Morgan fingerprint density at radius 1 is 1.23 bits per heavy atom. The van der Waals surface area contributed by atoms with Crippen molar-refractivity contribution < 1.29 is 29.2 Å². The zero-order valence-corrected chi connectivity index (χ0v) is 21.9. The van der Waals surface area contributed by atoms with E-state index in [2.05, 4.69) is 0 Å². The summed E-state index contributed by atoms with van der Waals surface area (Å²) in [6.07, 6.45) is -0.0430. The van der Waals surface area contributed by atoms with Gasteiger partial charge in [-0.2, -0.15) is 0 Å². The maximum atomic E-state index is 14.6. The quantitative estimate of drug-likeness (QED) is 0.104. The average Bonchev–Trinajstić information content (AvgIpc) is 3.26. The summed E-state index contributed by atoms with van der Waals surface area (Å²) in [5, 5.41) is 31.0. The van der Waals surface area contributed by atoms with Gasteiger partial charge in [-0.1, -0.05) is 0 Å². The monoisotopic (exact) mass is 554 g/mol. The molecular weight excluding hydrogens is 523 g/mol. The Balaban J connectivity index is 1.59. The van der Waals surface area contributed by atoms with E-state index in [0.717, 1.165) is 0 Å². The van der Waals surface area contributed by atoms with E-state index in [1.807, 2.05) is 0 Å². The molecule has 12 nitrogen and oxygen atoms in total. The standard InChI is InChI=1S/C27H31FN6O6/c1-14-6-16-18(11-33(30)10-15(29)9-32(2-4-35)3-5-36)19-12-34-23(24(19)31-22(16)8-21(14)28)7-17-20(26(34)38)13-40-27(39)25(17)37/h6-8,10,25,35-37H,2-5,9,11-13,29-30H2,1H3/b15-10-. The molecule has 0 amide bonds. The second-order valence-electron chi connectivity index (χ2n) is 10.0. The summed E-state index contributed by atoms with van der Waals surface area (Å²) in [7, 11) is 0. The molecule has 40 heavy (non-hydrogen) atoms. The van der Waals surface area contributed by atoms with Crippen LogP contribution < -0.4 is 17.1 Å². The molecule has 2 aromatic heterocycles. The topological polar surface area (TPSA) is 180 Å². The Hall–Kier alpha value is -3.88. The summed E-state index contributed by atoms with van der Waals surface area (Å²) in [6.45, 7) is 2.44. The number of esters is 1. The highest BCUT2D eigenvalue weighted by atomic mass is 19.1. The van der Waals surface area contributed by atoms with Gasteiger partial charge in [-0.3, -0.25) is 9.69 Å². The normalized spacial score (nSPS) is 16.2. The molecule has 2 aliphatic heterocycles. The number of aryl methyl sites for hydroxylation is 1. The number of aromatic nitrogens is 2. The fourth-order valence-corrected chi connectivity index (χ4v) is 5.31. The summed E-state index contributed by atoms with van der Waals surface area (Å²) < 4.78 is 21.1. The Morgan fingerprint density at radius 3 is 2.65 bits per heavy atom. The number of hydrogen-bond donors (Lipinski definition) is 5. The molecular formula is C27H31FN6O6. The van der Waals surface area contributed by atoms with Gasteiger partial charge in [0.2, 0.25) is 0 Å². The molecule has 4 heterocycles. The second kappa shape index (κ2) is 10.9. The van der Waals surface area contributed by atoms with Crippen molar-refractivity contribution in [1.82, 2.24) is 19.5 Å². The highest BCUT2D eigenvalue weighted by molar-refractivity contribution is 5.89. The highest BCUT2D eigenvalue weighted by Crippen LogP contribution is 2.38. The maximum absolute atomic E-state index is 14.6. The number of pyridine rings is 2. The van der Waals surface area contributed by atoms with Crippen molar-refractivity contribution in [2.45, 2.75) is 32.7 Å². The number of carbonyl (C=O) groups excluding carboxylic acids is 1. The molecule has 2 aliphatic rings. The summed E-state index contributed by atoms with van der Waals surface area (Å²) in [4.78, 5) is 31.8. The first-order valence-electron chi connectivity index (χ1n) is 12.8. The number of aliphatic hydroxyl groups is 3. The predicted octanol–water partition coefficient (Wildman–Crippen LogP) is -0.275. The smallest absolute Gasteiger partial charge is 0.340 e. The molecule has 0 saturated carbocycles. The van der Waals surface area contributed by atoms with E-state index >= 15 is 0 Å². The van der Waals surface area contributed by atoms with Gasteiger partial charge in [0.1, 0.15) is 12.4 Å². The number of cyclic esters (lactones) is 1. The zero-order valence-electron chi connectivity index (χ0n) is 21.9. The molecule has 1 unspecified atom stereocenters. The van der Waals surface area contributed by atoms with Crippen LogP contribution in [-0.2, 0) is 29.2 Å². The van der Waals surface area contributed by atoms with E-state index in [9.17, 15) is 29.3 Å². The number of nitrogens with zero attached hydrogens (tertiary/aromatic N) is 4. The lowest BCUT2D eigenvalue weighted by Crippen LogP contribution is -2.35. The molecule has 1 aromatic carbocycles. The van der Waals surface area contributed by atoms with Gasteiger partial charge >= 0.3 is 5.97 Å². The SMILES string of the molecule is Cc1cc2c(CN(N)/C=C(\N)CN(CCO)CCO)c3c(nc2cc1F)-c1cc2c(c(=O)n1C3)COC(=O)C2O. The van der Waals surface area contributed by atoms with Crippen LogP contribution in [0.5, 0.6) is 0 Å². The van der Waals surface area contributed by atoms with Crippen molar-refractivity contribution in [2.24, 2.45) is 11.6 Å². The number of carbonyl (C=O) groups is 1. The van der Waals surface area contributed by atoms with Gasteiger partial charge in [0.05, 0.1) is 48.8 Å². The van der Waals surface area contributed by atoms with E-state index in [1.54, 1.807) is 30.2 Å².